The molecule has 1 aliphatic rings. The van der Waals surface area contributed by atoms with E-state index in [0.717, 1.165) is 41.7 Å². The van der Waals surface area contributed by atoms with Crippen molar-refractivity contribution in [3.05, 3.63) is 52.5 Å². The van der Waals surface area contributed by atoms with E-state index in [1.807, 2.05) is 6.07 Å². The SMILES string of the molecule is Cc1cc(C(=O)NC2CCCc3occc32)cc(C)c1OCC(=O)O. The molecule has 1 aromatic carbocycles. The highest BCUT2D eigenvalue weighted by Gasteiger charge is 2.24. The number of carboxylic acid groups (broad SMARTS) is 1. The van der Waals surface area contributed by atoms with Crippen LogP contribution < -0.4 is 10.1 Å². The minimum absolute atomic E-state index is 0.0430. The zero-order valence-corrected chi connectivity index (χ0v) is 14.3. The number of aryl methyl sites for hydroxylation is 3. The Morgan fingerprint density at radius 1 is 1.32 bits per heavy atom. The van der Waals surface area contributed by atoms with Crippen LogP contribution in [0.25, 0.3) is 0 Å². The summed E-state index contributed by atoms with van der Waals surface area (Å²) in [4.78, 5) is 23.3. The van der Waals surface area contributed by atoms with E-state index in [9.17, 15) is 9.59 Å². The maximum Gasteiger partial charge on any atom is 0.341 e. The van der Waals surface area contributed by atoms with Crippen molar-refractivity contribution < 1.29 is 23.8 Å². The van der Waals surface area contributed by atoms with Gasteiger partial charge in [0.05, 0.1) is 12.3 Å². The highest BCUT2D eigenvalue weighted by molar-refractivity contribution is 5.95. The van der Waals surface area contributed by atoms with Crippen LogP contribution in [0.4, 0.5) is 0 Å². The van der Waals surface area contributed by atoms with Crippen molar-refractivity contribution in [2.75, 3.05) is 6.61 Å². The van der Waals surface area contributed by atoms with Crippen LogP contribution in [0, 0.1) is 13.8 Å². The van der Waals surface area contributed by atoms with Gasteiger partial charge in [0.15, 0.2) is 6.61 Å². The Hall–Kier alpha value is -2.76. The summed E-state index contributed by atoms with van der Waals surface area (Å²) in [7, 11) is 0. The van der Waals surface area contributed by atoms with E-state index in [2.05, 4.69) is 5.32 Å². The van der Waals surface area contributed by atoms with Crippen molar-refractivity contribution in [1.29, 1.82) is 0 Å². The normalized spacial score (nSPS) is 16.2. The van der Waals surface area contributed by atoms with Gasteiger partial charge < -0.3 is 19.6 Å². The van der Waals surface area contributed by atoms with E-state index >= 15 is 0 Å². The summed E-state index contributed by atoms with van der Waals surface area (Å²) in [5.41, 5.74) is 3.06. The van der Waals surface area contributed by atoms with Crippen molar-refractivity contribution in [3.63, 3.8) is 0 Å². The molecule has 2 aromatic rings. The molecule has 0 saturated carbocycles. The highest BCUT2D eigenvalue weighted by Crippen LogP contribution is 2.31. The predicted octanol–water partition coefficient (Wildman–Crippen LogP) is 3.17. The van der Waals surface area contributed by atoms with Crippen LogP contribution in [0.5, 0.6) is 5.75 Å². The van der Waals surface area contributed by atoms with E-state index in [4.69, 9.17) is 14.3 Å². The number of carboxylic acids is 1. The molecular weight excluding hydrogens is 322 g/mol. The molecule has 0 aliphatic heterocycles. The van der Waals surface area contributed by atoms with E-state index in [-0.39, 0.29) is 11.9 Å². The number of benzene rings is 1. The van der Waals surface area contributed by atoms with Gasteiger partial charge >= 0.3 is 5.97 Å². The van der Waals surface area contributed by atoms with Crippen molar-refractivity contribution in [2.24, 2.45) is 0 Å². The molecule has 2 N–H and O–H groups in total. The van der Waals surface area contributed by atoms with Crippen LogP contribution in [0.15, 0.2) is 28.9 Å². The summed E-state index contributed by atoms with van der Waals surface area (Å²) >= 11 is 0. The first kappa shape index (κ1) is 17.1. The number of aliphatic carboxylic acids is 1. The molecule has 0 saturated heterocycles. The van der Waals surface area contributed by atoms with E-state index in [0.29, 0.717) is 11.3 Å². The number of amides is 1. The summed E-state index contributed by atoms with van der Waals surface area (Å²) in [6.45, 7) is 3.20. The zero-order chi connectivity index (χ0) is 18.0. The first-order valence-electron chi connectivity index (χ1n) is 8.28. The van der Waals surface area contributed by atoms with Crippen molar-refractivity contribution in [1.82, 2.24) is 5.32 Å². The number of nitrogens with one attached hydrogen (secondary N) is 1. The third-order valence-corrected chi connectivity index (χ3v) is 4.42. The lowest BCUT2D eigenvalue weighted by atomic mass is 9.93. The maximum atomic E-state index is 12.6. The highest BCUT2D eigenvalue weighted by atomic mass is 16.5. The number of fused-ring (bicyclic) bond motifs is 1. The molecule has 1 amide bonds. The number of rotatable bonds is 5. The van der Waals surface area contributed by atoms with Gasteiger partial charge in [-0.1, -0.05) is 0 Å². The Kier molecular flexibility index (Phi) is 4.79. The predicted molar refractivity (Wildman–Crippen MR) is 90.9 cm³/mol. The third kappa shape index (κ3) is 3.68. The molecule has 0 fully saturated rings. The molecule has 1 aliphatic carbocycles. The molecule has 25 heavy (non-hydrogen) atoms. The Labute approximate surface area is 145 Å². The molecular formula is C19H21NO5. The fourth-order valence-electron chi connectivity index (χ4n) is 3.32. The molecule has 1 aromatic heterocycles. The minimum atomic E-state index is -1.03. The Morgan fingerprint density at radius 3 is 2.72 bits per heavy atom. The second kappa shape index (κ2) is 7.01. The summed E-state index contributed by atoms with van der Waals surface area (Å²) in [6.07, 6.45) is 4.43. The van der Waals surface area contributed by atoms with Crippen molar-refractivity contribution >= 4 is 11.9 Å². The first-order chi connectivity index (χ1) is 12.0. The van der Waals surface area contributed by atoms with Gasteiger partial charge in [-0.05, 0) is 56.0 Å². The standard InChI is InChI=1S/C19H21NO5/c1-11-8-13(9-12(2)18(11)25-10-17(21)22)19(23)20-15-4-3-5-16-14(15)6-7-24-16/h6-9,15H,3-5,10H2,1-2H3,(H,20,23)(H,21,22). The molecule has 1 heterocycles. The first-order valence-corrected chi connectivity index (χ1v) is 8.28. The minimum Gasteiger partial charge on any atom is -0.481 e. The zero-order valence-electron chi connectivity index (χ0n) is 14.3. The lowest BCUT2D eigenvalue weighted by molar-refractivity contribution is -0.139. The quantitative estimate of drug-likeness (QED) is 0.870. The average molecular weight is 343 g/mol. The van der Waals surface area contributed by atoms with Gasteiger partial charge in [-0.2, -0.15) is 0 Å². The number of ether oxygens (including phenoxy) is 1. The molecule has 132 valence electrons. The van der Waals surface area contributed by atoms with Gasteiger partial charge in [-0.15, -0.1) is 0 Å². The third-order valence-electron chi connectivity index (χ3n) is 4.42. The maximum absolute atomic E-state index is 12.6. The lowest BCUT2D eigenvalue weighted by Crippen LogP contribution is -2.30. The topological polar surface area (TPSA) is 88.8 Å². The van der Waals surface area contributed by atoms with E-state index < -0.39 is 12.6 Å². The van der Waals surface area contributed by atoms with Crippen LogP contribution in [-0.2, 0) is 11.2 Å². The Bertz CT molecular complexity index is 785. The Balaban J connectivity index is 1.76. The summed E-state index contributed by atoms with van der Waals surface area (Å²) in [6, 6.07) is 5.31. The second-order valence-corrected chi connectivity index (χ2v) is 6.34. The molecule has 6 heteroatoms. The number of carbonyl (C=O) groups excluding carboxylic acids is 1. The number of hydrogen-bond acceptors (Lipinski definition) is 4. The van der Waals surface area contributed by atoms with Crippen molar-refractivity contribution in [3.8, 4) is 5.75 Å². The van der Waals surface area contributed by atoms with Gasteiger partial charge in [-0.25, -0.2) is 4.79 Å². The largest absolute Gasteiger partial charge is 0.481 e. The molecule has 3 rings (SSSR count). The summed E-state index contributed by atoms with van der Waals surface area (Å²) < 4.78 is 10.8. The van der Waals surface area contributed by atoms with Gasteiger partial charge in [0, 0.05) is 17.5 Å². The molecule has 1 unspecified atom stereocenters. The van der Waals surface area contributed by atoms with Crippen LogP contribution in [0.3, 0.4) is 0 Å². The van der Waals surface area contributed by atoms with E-state index in [1.54, 1.807) is 32.2 Å². The van der Waals surface area contributed by atoms with Gasteiger partial charge in [0.2, 0.25) is 0 Å². The molecule has 0 radical (unpaired) electrons. The fourth-order valence-corrected chi connectivity index (χ4v) is 3.32. The summed E-state index contributed by atoms with van der Waals surface area (Å²) in [5, 5.41) is 11.8. The molecule has 1 atom stereocenters. The Morgan fingerprint density at radius 2 is 2.04 bits per heavy atom. The van der Waals surface area contributed by atoms with Crippen LogP contribution >= 0.6 is 0 Å². The van der Waals surface area contributed by atoms with Gasteiger partial charge in [0.1, 0.15) is 11.5 Å². The number of furan rings is 1. The lowest BCUT2D eigenvalue weighted by Gasteiger charge is -2.23. The van der Waals surface area contributed by atoms with Crippen LogP contribution in [0.1, 0.15) is 51.7 Å². The second-order valence-electron chi connectivity index (χ2n) is 6.34. The number of hydrogen-bond donors (Lipinski definition) is 2. The van der Waals surface area contributed by atoms with Crippen molar-refractivity contribution in [2.45, 2.75) is 39.2 Å². The van der Waals surface area contributed by atoms with Crippen LogP contribution in [0.2, 0.25) is 0 Å². The van der Waals surface area contributed by atoms with Gasteiger partial charge in [0.25, 0.3) is 5.91 Å². The monoisotopic (exact) mass is 343 g/mol. The van der Waals surface area contributed by atoms with Crippen LogP contribution in [-0.4, -0.2) is 23.6 Å². The number of carbonyl (C=O) groups is 2. The molecule has 6 nitrogen and oxygen atoms in total. The fraction of sp³-hybridized carbons (Fsp3) is 0.368. The molecule has 0 bridgehead atoms. The van der Waals surface area contributed by atoms with E-state index in [1.165, 1.54) is 0 Å². The average Bonchev–Trinajstić information content (AvgIpc) is 3.03. The summed E-state index contributed by atoms with van der Waals surface area (Å²) in [5.74, 6) is 0.263. The van der Waals surface area contributed by atoms with Gasteiger partial charge in [-0.3, -0.25) is 4.79 Å². The smallest absolute Gasteiger partial charge is 0.341 e. The molecule has 0 spiro atoms.